The number of hydrogen-bond donors (Lipinski definition) is 2. The van der Waals surface area contributed by atoms with Crippen molar-refractivity contribution in [3.05, 3.63) is 0 Å². The molecule has 74 valence electrons. The van der Waals surface area contributed by atoms with Crippen molar-refractivity contribution in [1.82, 2.24) is 0 Å². The molecule has 0 aliphatic heterocycles. The quantitative estimate of drug-likeness (QED) is 0.661. The van der Waals surface area contributed by atoms with E-state index in [9.17, 15) is 14.7 Å². The van der Waals surface area contributed by atoms with Crippen LogP contribution in [0.15, 0.2) is 0 Å². The lowest BCUT2D eigenvalue weighted by Gasteiger charge is -2.32. The second-order valence-electron chi connectivity index (χ2n) is 3.70. The molecule has 1 aliphatic carbocycles. The molecule has 0 amide bonds. The predicted molar refractivity (Wildman–Crippen MR) is 45.2 cm³/mol. The lowest BCUT2D eigenvalue weighted by molar-refractivity contribution is -0.149. The van der Waals surface area contributed by atoms with Crippen LogP contribution in [0.2, 0.25) is 0 Å². The number of aliphatic hydroxyl groups is 1. The normalized spacial score (nSPS) is 34.2. The molecule has 0 unspecified atom stereocenters. The Balaban J connectivity index is 2.56. The highest BCUT2D eigenvalue weighted by atomic mass is 16.4. The summed E-state index contributed by atoms with van der Waals surface area (Å²) in [7, 11) is 0. The van der Waals surface area contributed by atoms with E-state index in [1.54, 1.807) is 0 Å². The molecule has 1 rings (SSSR count). The summed E-state index contributed by atoms with van der Waals surface area (Å²) in [6.07, 6.45) is 1.34. The topological polar surface area (TPSA) is 74.6 Å². The summed E-state index contributed by atoms with van der Waals surface area (Å²) in [4.78, 5) is 21.6. The van der Waals surface area contributed by atoms with Gasteiger partial charge in [0.25, 0.3) is 0 Å². The van der Waals surface area contributed by atoms with Crippen LogP contribution >= 0.6 is 0 Å². The van der Waals surface area contributed by atoms with E-state index in [1.807, 2.05) is 0 Å². The molecule has 1 aliphatic rings. The summed E-state index contributed by atoms with van der Waals surface area (Å²) in [6.45, 7) is 1.35. The second-order valence-corrected chi connectivity index (χ2v) is 3.70. The van der Waals surface area contributed by atoms with Crippen LogP contribution in [0.4, 0.5) is 0 Å². The van der Waals surface area contributed by atoms with Crippen LogP contribution in [-0.2, 0) is 9.59 Å². The monoisotopic (exact) mass is 186 g/mol. The number of carboxylic acid groups (broad SMARTS) is 1. The maximum absolute atomic E-state index is 11.0. The van der Waals surface area contributed by atoms with Gasteiger partial charge in [0.2, 0.25) is 0 Å². The molecule has 13 heavy (non-hydrogen) atoms. The van der Waals surface area contributed by atoms with Gasteiger partial charge in [-0.3, -0.25) is 9.59 Å². The predicted octanol–water partition coefficient (Wildman–Crippen LogP) is 0.581. The van der Waals surface area contributed by atoms with Crippen LogP contribution in [0, 0.1) is 5.92 Å². The van der Waals surface area contributed by atoms with Crippen molar-refractivity contribution in [2.75, 3.05) is 0 Å². The van der Waals surface area contributed by atoms with Crippen molar-refractivity contribution in [1.29, 1.82) is 0 Å². The third kappa shape index (κ3) is 2.06. The van der Waals surface area contributed by atoms with Gasteiger partial charge in [0.15, 0.2) is 5.78 Å². The smallest absolute Gasteiger partial charge is 0.306 e. The maximum Gasteiger partial charge on any atom is 0.306 e. The number of carboxylic acids is 1. The SMILES string of the molecule is CC(=O)C1(O)CCC(C(=O)O)CC1. The van der Waals surface area contributed by atoms with E-state index in [4.69, 9.17) is 5.11 Å². The highest BCUT2D eigenvalue weighted by Gasteiger charge is 2.38. The van der Waals surface area contributed by atoms with Crippen LogP contribution in [0.25, 0.3) is 0 Å². The molecule has 1 saturated carbocycles. The largest absolute Gasteiger partial charge is 0.481 e. The standard InChI is InChI=1S/C9H14O4/c1-6(10)9(13)4-2-7(3-5-9)8(11)12/h7,13H,2-5H2,1H3,(H,11,12). The number of aliphatic carboxylic acids is 1. The van der Waals surface area contributed by atoms with E-state index >= 15 is 0 Å². The highest BCUT2D eigenvalue weighted by Crippen LogP contribution is 2.32. The molecule has 0 aromatic heterocycles. The van der Waals surface area contributed by atoms with Gasteiger partial charge in [-0.05, 0) is 32.6 Å². The second kappa shape index (κ2) is 3.46. The molecule has 0 aromatic rings. The zero-order valence-corrected chi connectivity index (χ0v) is 7.62. The first-order valence-corrected chi connectivity index (χ1v) is 4.42. The van der Waals surface area contributed by atoms with E-state index < -0.39 is 11.6 Å². The van der Waals surface area contributed by atoms with Gasteiger partial charge in [0.1, 0.15) is 5.60 Å². The molecule has 0 heterocycles. The number of hydrogen-bond acceptors (Lipinski definition) is 3. The molecular weight excluding hydrogens is 172 g/mol. The molecule has 4 nitrogen and oxygen atoms in total. The number of rotatable bonds is 2. The van der Waals surface area contributed by atoms with E-state index in [2.05, 4.69) is 0 Å². The summed E-state index contributed by atoms with van der Waals surface area (Å²) in [5.74, 6) is -1.47. The summed E-state index contributed by atoms with van der Waals surface area (Å²) in [5, 5.41) is 18.4. The van der Waals surface area contributed by atoms with Crippen molar-refractivity contribution < 1.29 is 19.8 Å². The minimum Gasteiger partial charge on any atom is -0.481 e. The van der Waals surface area contributed by atoms with Crippen LogP contribution in [0.5, 0.6) is 0 Å². The van der Waals surface area contributed by atoms with Crippen molar-refractivity contribution in [3.8, 4) is 0 Å². The average Bonchev–Trinajstić information content (AvgIpc) is 2.04. The van der Waals surface area contributed by atoms with Gasteiger partial charge in [-0.15, -0.1) is 0 Å². The molecule has 0 aromatic carbocycles. The minimum atomic E-state index is -1.26. The fraction of sp³-hybridized carbons (Fsp3) is 0.778. The third-order valence-electron chi connectivity index (χ3n) is 2.82. The Labute approximate surface area is 76.6 Å². The zero-order valence-electron chi connectivity index (χ0n) is 7.62. The van der Waals surface area contributed by atoms with E-state index in [0.717, 1.165) is 0 Å². The van der Waals surface area contributed by atoms with Crippen LogP contribution < -0.4 is 0 Å². The van der Waals surface area contributed by atoms with Crippen LogP contribution in [-0.4, -0.2) is 27.6 Å². The number of carbonyl (C=O) groups is 2. The first-order chi connectivity index (χ1) is 5.96. The number of carbonyl (C=O) groups excluding carboxylic acids is 1. The fourth-order valence-corrected chi connectivity index (χ4v) is 1.69. The fourth-order valence-electron chi connectivity index (χ4n) is 1.69. The Morgan fingerprint density at radius 1 is 1.31 bits per heavy atom. The molecular formula is C9H14O4. The van der Waals surface area contributed by atoms with E-state index in [1.165, 1.54) is 6.92 Å². The van der Waals surface area contributed by atoms with Crippen molar-refractivity contribution in [2.45, 2.75) is 38.2 Å². The van der Waals surface area contributed by atoms with Gasteiger partial charge >= 0.3 is 5.97 Å². The van der Waals surface area contributed by atoms with Crippen molar-refractivity contribution in [2.24, 2.45) is 5.92 Å². The van der Waals surface area contributed by atoms with Gasteiger partial charge < -0.3 is 10.2 Å². The summed E-state index contributed by atoms with van der Waals surface area (Å²) in [5.41, 5.74) is -1.26. The lowest BCUT2D eigenvalue weighted by atomic mass is 9.77. The highest BCUT2D eigenvalue weighted by molar-refractivity contribution is 5.85. The molecule has 0 atom stereocenters. The number of ketones is 1. The van der Waals surface area contributed by atoms with Gasteiger partial charge in [-0.25, -0.2) is 0 Å². The van der Waals surface area contributed by atoms with Crippen LogP contribution in [0.1, 0.15) is 32.6 Å². The molecule has 1 fully saturated rings. The Morgan fingerprint density at radius 2 is 1.77 bits per heavy atom. The number of Topliss-reactive ketones (excluding diaryl/α,β-unsaturated/α-hetero) is 1. The maximum atomic E-state index is 11.0. The average molecular weight is 186 g/mol. The van der Waals surface area contributed by atoms with Crippen molar-refractivity contribution >= 4 is 11.8 Å². The molecule has 0 bridgehead atoms. The molecule has 4 heteroatoms. The molecule has 0 radical (unpaired) electrons. The Hall–Kier alpha value is -0.900. The van der Waals surface area contributed by atoms with Gasteiger partial charge in [0.05, 0.1) is 5.92 Å². The molecule has 0 saturated heterocycles. The third-order valence-corrected chi connectivity index (χ3v) is 2.82. The zero-order chi connectivity index (χ0) is 10.1. The Kier molecular flexibility index (Phi) is 2.71. The Morgan fingerprint density at radius 3 is 2.08 bits per heavy atom. The van der Waals surface area contributed by atoms with E-state index in [-0.39, 0.29) is 24.5 Å². The lowest BCUT2D eigenvalue weighted by Crippen LogP contribution is -2.41. The first-order valence-electron chi connectivity index (χ1n) is 4.42. The van der Waals surface area contributed by atoms with E-state index in [0.29, 0.717) is 12.8 Å². The first kappa shape index (κ1) is 10.2. The molecule has 2 N–H and O–H groups in total. The van der Waals surface area contributed by atoms with Gasteiger partial charge in [-0.2, -0.15) is 0 Å². The summed E-state index contributed by atoms with van der Waals surface area (Å²) < 4.78 is 0. The van der Waals surface area contributed by atoms with Gasteiger partial charge in [-0.1, -0.05) is 0 Å². The van der Waals surface area contributed by atoms with Crippen molar-refractivity contribution in [3.63, 3.8) is 0 Å². The Bertz CT molecular complexity index is 226. The minimum absolute atomic E-state index is 0.253. The summed E-state index contributed by atoms with van der Waals surface area (Å²) >= 11 is 0. The molecule has 0 spiro atoms. The summed E-state index contributed by atoms with van der Waals surface area (Å²) in [6, 6.07) is 0. The van der Waals surface area contributed by atoms with Crippen LogP contribution in [0.3, 0.4) is 0 Å². The van der Waals surface area contributed by atoms with Gasteiger partial charge in [0, 0.05) is 0 Å².